The lowest BCUT2D eigenvalue weighted by atomic mass is 10.0. The third-order valence-electron chi connectivity index (χ3n) is 3.96. The predicted octanol–water partition coefficient (Wildman–Crippen LogP) is 3.05. The molecular formula is C17H28N2O. The van der Waals surface area contributed by atoms with E-state index in [1.54, 1.807) is 0 Å². The largest absolute Gasteiger partial charge is 0.494 e. The van der Waals surface area contributed by atoms with Crippen molar-refractivity contribution in [3.63, 3.8) is 0 Å². The molecule has 1 heterocycles. The Bertz CT molecular complexity index is 371. The van der Waals surface area contributed by atoms with Crippen molar-refractivity contribution < 1.29 is 4.74 Å². The van der Waals surface area contributed by atoms with E-state index in [0.717, 1.165) is 38.0 Å². The SMILES string of the molecule is CCCN(Cc1ccc(OCC)cc1)C1CCNCC1. The maximum Gasteiger partial charge on any atom is 0.119 e. The van der Waals surface area contributed by atoms with Crippen LogP contribution in [0.2, 0.25) is 0 Å². The molecule has 1 aromatic carbocycles. The number of nitrogens with one attached hydrogen (secondary N) is 1. The Balaban J connectivity index is 1.95. The van der Waals surface area contributed by atoms with Gasteiger partial charge in [-0.15, -0.1) is 0 Å². The number of hydrogen-bond donors (Lipinski definition) is 1. The topological polar surface area (TPSA) is 24.5 Å². The number of hydrogen-bond acceptors (Lipinski definition) is 3. The zero-order chi connectivity index (χ0) is 14.2. The van der Waals surface area contributed by atoms with Crippen molar-refractivity contribution in [2.75, 3.05) is 26.2 Å². The van der Waals surface area contributed by atoms with Crippen LogP contribution >= 0.6 is 0 Å². The molecule has 0 saturated carbocycles. The molecule has 1 N–H and O–H groups in total. The Morgan fingerprint density at radius 1 is 1.15 bits per heavy atom. The van der Waals surface area contributed by atoms with Gasteiger partial charge in [0.25, 0.3) is 0 Å². The summed E-state index contributed by atoms with van der Waals surface area (Å²) in [7, 11) is 0. The summed E-state index contributed by atoms with van der Waals surface area (Å²) in [5.74, 6) is 0.972. The van der Waals surface area contributed by atoms with E-state index in [-0.39, 0.29) is 0 Å². The molecule has 0 atom stereocenters. The van der Waals surface area contributed by atoms with Crippen molar-refractivity contribution in [1.82, 2.24) is 10.2 Å². The lowest BCUT2D eigenvalue weighted by Crippen LogP contribution is -2.43. The van der Waals surface area contributed by atoms with E-state index in [4.69, 9.17) is 4.74 Å². The van der Waals surface area contributed by atoms with Crippen molar-refractivity contribution in [2.45, 2.75) is 45.7 Å². The van der Waals surface area contributed by atoms with Crippen LogP contribution in [0.5, 0.6) is 5.75 Å². The average molecular weight is 276 g/mol. The average Bonchev–Trinajstić information content (AvgIpc) is 2.50. The van der Waals surface area contributed by atoms with Gasteiger partial charge in [0.2, 0.25) is 0 Å². The molecule has 1 aliphatic heterocycles. The van der Waals surface area contributed by atoms with Crippen molar-refractivity contribution in [3.8, 4) is 5.75 Å². The van der Waals surface area contributed by atoms with E-state index in [0.29, 0.717) is 0 Å². The van der Waals surface area contributed by atoms with Crippen LogP contribution in [0.1, 0.15) is 38.7 Å². The Kier molecular flexibility index (Phi) is 6.34. The van der Waals surface area contributed by atoms with E-state index < -0.39 is 0 Å². The lowest BCUT2D eigenvalue weighted by molar-refractivity contribution is 0.154. The van der Waals surface area contributed by atoms with Crippen LogP contribution in [0.15, 0.2) is 24.3 Å². The van der Waals surface area contributed by atoms with Gasteiger partial charge >= 0.3 is 0 Å². The molecule has 1 fully saturated rings. The molecule has 3 nitrogen and oxygen atoms in total. The minimum absolute atomic E-state index is 0.733. The molecule has 2 rings (SSSR count). The molecule has 0 unspecified atom stereocenters. The highest BCUT2D eigenvalue weighted by atomic mass is 16.5. The van der Waals surface area contributed by atoms with Gasteiger partial charge in [-0.05, 0) is 63.5 Å². The van der Waals surface area contributed by atoms with Crippen LogP contribution in [0.25, 0.3) is 0 Å². The summed E-state index contributed by atoms with van der Waals surface area (Å²) in [6.45, 7) is 9.60. The van der Waals surface area contributed by atoms with Crippen molar-refractivity contribution >= 4 is 0 Å². The van der Waals surface area contributed by atoms with E-state index in [9.17, 15) is 0 Å². The highest BCUT2D eigenvalue weighted by Gasteiger charge is 2.20. The molecule has 3 heteroatoms. The highest BCUT2D eigenvalue weighted by Crippen LogP contribution is 2.18. The van der Waals surface area contributed by atoms with Gasteiger partial charge in [-0.3, -0.25) is 4.90 Å². The second-order valence-electron chi connectivity index (χ2n) is 5.53. The fraction of sp³-hybridized carbons (Fsp3) is 0.647. The zero-order valence-corrected chi connectivity index (χ0v) is 12.9. The fourth-order valence-electron chi connectivity index (χ4n) is 2.94. The monoisotopic (exact) mass is 276 g/mol. The van der Waals surface area contributed by atoms with E-state index >= 15 is 0 Å². The van der Waals surface area contributed by atoms with Crippen LogP contribution in [-0.2, 0) is 6.54 Å². The first-order chi connectivity index (χ1) is 9.83. The van der Waals surface area contributed by atoms with Gasteiger partial charge in [0.15, 0.2) is 0 Å². The summed E-state index contributed by atoms with van der Waals surface area (Å²) in [5, 5.41) is 3.45. The smallest absolute Gasteiger partial charge is 0.119 e. The van der Waals surface area contributed by atoms with Crippen LogP contribution in [0.4, 0.5) is 0 Å². The standard InChI is InChI=1S/C17H28N2O/c1-3-13-19(16-9-11-18-12-10-16)14-15-5-7-17(8-6-15)20-4-2/h5-8,16,18H,3-4,9-14H2,1-2H3. The summed E-state index contributed by atoms with van der Waals surface area (Å²) in [4.78, 5) is 2.65. The number of rotatable bonds is 7. The predicted molar refractivity (Wildman–Crippen MR) is 84.2 cm³/mol. The summed E-state index contributed by atoms with van der Waals surface area (Å²) in [6.07, 6.45) is 3.77. The molecule has 20 heavy (non-hydrogen) atoms. The first-order valence-corrected chi connectivity index (χ1v) is 8.00. The summed E-state index contributed by atoms with van der Waals surface area (Å²) >= 11 is 0. The Labute approximate surface area is 123 Å². The summed E-state index contributed by atoms with van der Waals surface area (Å²) in [6, 6.07) is 9.32. The van der Waals surface area contributed by atoms with E-state index in [1.807, 2.05) is 6.92 Å². The second kappa shape index (κ2) is 8.28. The molecule has 0 aliphatic carbocycles. The van der Waals surface area contributed by atoms with Gasteiger partial charge in [-0.25, -0.2) is 0 Å². The molecule has 1 saturated heterocycles. The Hall–Kier alpha value is -1.06. The maximum absolute atomic E-state index is 5.51. The van der Waals surface area contributed by atoms with Crippen LogP contribution < -0.4 is 10.1 Å². The summed E-state index contributed by atoms with van der Waals surface area (Å²) < 4.78 is 5.51. The van der Waals surface area contributed by atoms with Gasteiger partial charge in [0.1, 0.15) is 5.75 Å². The van der Waals surface area contributed by atoms with Crippen molar-refractivity contribution in [2.24, 2.45) is 0 Å². The molecule has 0 amide bonds. The molecule has 1 aliphatic rings. The van der Waals surface area contributed by atoms with Crippen molar-refractivity contribution in [3.05, 3.63) is 29.8 Å². The van der Waals surface area contributed by atoms with Crippen LogP contribution in [-0.4, -0.2) is 37.2 Å². The molecule has 0 bridgehead atoms. The number of nitrogens with zero attached hydrogens (tertiary/aromatic N) is 1. The highest BCUT2D eigenvalue weighted by molar-refractivity contribution is 5.27. The van der Waals surface area contributed by atoms with Crippen molar-refractivity contribution in [1.29, 1.82) is 0 Å². The van der Waals surface area contributed by atoms with Gasteiger partial charge in [0.05, 0.1) is 6.61 Å². The second-order valence-corrected chi connectivity index (χ2v) is 5.53. The van der Waals surface area contributed by atoms with Crippen LogP contribution in [0.3, 0.4) is 0 Å². The minimum atomic E-state index is 0.733. The van der Waals surface area contributed by atoms with E-state index in [1.165, 1.54) is 31.4 Å². The van der Waals surface area contributed by atoms with Gasteiger partial charge < -0.3 is 10.1 Å². The quantitative estimate of drug-likeness (QED) is 0.828. The molecule has 0 aromatic heterocycles. The first-order valence-electron chi connectivity index (χ1n) is 8.00. The number of benzene rings is 1. The molecule has 0 spiro atoms. The third-order valence-corrected chi connectivity index (χ3v) is 3.96. The maximum atomic E-state index is 5.51. The normalized spacial score (nSPS) is 16.6. The van der Waals surface area contributed by atoms with Gasteiger partial charge in [-0.2, -0.15) is 0 Å². The van der Waals surface area contributed by atoms with Gasteiger partial charge in [0, 0.05) is 12.6 Å². The molecule has 1 aromatic rings. The Morgan fingerprint density at radius 3 is 2.45 bits per heavy atom. The lowest BCUT2D eigenvalue weighted by Gasteiger charge is -2.34. The first kappa shape index (κ1) is 15.3. The zero-order valence-electron chi connectivity index (χ0n) is 12.9. The minimum Gasteiger partial charge on any atom is -0.494 e. The van der Waals surface area contributed by atoms with E-state index in [2.05, 4.69) is 41.4 Å². The number of piperidine rings is 1. The molecular weight excluding hydrogens is 248 g/mol. The molecule has 112 valence electrons. The van der Waals surface area contributed by atoms with Gasteiger partial charge in [-0.1, -0.05) is 19.1 Å². The van der Waals surface area contributed by atoms with Crippen LogP contribution in [0, 0.1) is 0 Å². The molecule has 0 radical (unpaired) electrons. The fourth-order valence-corrected chi connectivity index (χ4v) is 2.94. The number of ether oxygens (including phenoxy) is 1. The third kappa shape index (κ3) is 4.50. The Morgan fingerprint density at radius 2 is 1.85 bits per heavy atom. The summed E-state index contributed by atoms with van der Waals surface area (Å²) in [5.41, 5.74) is 1.39.